The second-order valence-electron chi connectivity index (χ2n) is 9.93. The van der Waals surface area contributed by atoms with E-state index in [4.69, 9.17) is 9.68 Å². The van der Waals surface area contributed by atoms with Crippen LogP contribution in [0.3, 0.4) is 0 Å². The van der Waals surface area contributed by atoms with Crippen LogP contribution in [0.2, 0.25) is 0 Å². The molecule has 4 nitrogen and oxygen atoms in total. The Balaban J connectivity index is 1.39. The number of benzene rings is 5. The number of hydrogen-bond acceptors (Lipinski definition) is 3. The number of furan rings is 1. The molecule has 0 radical (unpaired) electrons. The van der Waals surface area contributed by atoms with E-state index in [2.05, 4.69) is 113 Å². The molecule has 0 saturated heterocycles. The number of hydrogen-bond donors (Lipinski definition) is 0. The number of nitriles is 1. The summed E-state index contributed by atoms with van der Waals surface area (Å²) >= 11 is 0. The van der Waals surface area contributed by atoms with Gasteiger partial charge < -0.3 is 8.98 Å². The average molecular weight is 512 g/mol. The summed E-state index contributed by atoms with van der Waals surface area (Å²) in [5.41, 5.74) is 9.73. The fourth-order valence-electron chi connectivity index (χ4n) is 5.88. The van der Waals surface area contributed by atoms with Crippen LogP contribution in [0.15, 0.2) is 132 Å². The van der Waals surface area contributed by atoms with Gasteiger partial charge >= 0.3 is 0 Å². The molecule has 0 bridgehead atoms. The van der Waals surface area contributed by atoms with E-state index in [1.54, 1.807) is 12.3 Å². The molecule has 0 aliphatic rings. The maximum absolute atomic E-state index is 9.16. The molecule has 186 valence electrons. The van der Waals surface area contributed by atoms with E-state index in [1.165, 1.54) is 0 Å². The summed E-state index contributed by atoms with van der Waals surface area (Å²) < 4.78 is 8.83. The Kier molecular flexibility index (Phi) is 4.85. The number of fused-ring (bicyclic) bond motifs is 7. The van der Waals surface area contributed by atoms with Crippen molar-refractivity contribution in [1.82, 2.24) is 9.55 Å². The molecular formula is C36H21N3O. The lowest BCUT2D eigenvalue weighted by molar-refractivity contribution is 0.673. The molecule has 0 unspecified atom stereocenters. The van der Waals surface area contributed by atoms with Crippen LogP contribution >= 0.6 is 0 Å². The second kappa shape index (κ2) is 8.69. The molecule has 3 heterocycles. The van der Waals surface area contributed by atoms with Crippen molar-refractivity contribution in [3.05, 3.63) is 133 Å². The first kappa shape index (κ1) is 22.3. The van der Waals surface area contributed by atoms with Gasteiger partial charge in [-0.2, -0.15) is 5.26 Å². The zero-order valence-corrected chi connectivity index (χ0v) is 21.4. The minimum atomic E-state index is 0.551. The van der Waals surface area contributed by atoms with Crippen molar-refractivity contribution in [3.8, 4) is 34.1 Å². The molecule has 0 atom stereocenters. The first-order valence-corrected chi connectivity index (χ1v) is 13.2. The van der Waals surface area contributed by atoms with Crippen LogP contribution in [0.25, 0.3) is 71.8 Å². The van der Waals surface area contributed by atoms with Gasteiger partial charge in [-0.15, -0.1) is 0 Å². The Morgan fingerprint density at radius 1 is 0.650 bits per heavy atom. The number of para-hydroxylation sites is 3. The van der Waals surface area contributed by atoms with Crippen molar-refractivity contribution in [2.45, 2.75) is 0 Å². The van der Waals surface area contributed by atoms with E-state index < -0.39 is 0 Å². The van der Waals surface area contributed by atoms with Gasteiger partial charge in [-0.1, -0.05) is 72.8 Å². The smallest absolute Gasteiger partial charge is 0.145 e. The van der Waals surface area contributed by atoms with Gasteiger partial charge in [0.25, 0.3) is 0 Å². The molecule has 0 aliphatic heterocycles. The summed E-state index contributed by atoms with van der Waals surface area (Å²) in [4.78, 5) is 4.52. The predicted molar refractivity (Wildman–Crippen MR) is 161 cm³/mol. The van der Waals surface area contributed by atoms with Crippen LogP contribution in [0, 0.1) is 11.3 Å². The van der Waals surface area contributed by atoms with Crippen LogP contribution in [0.1, 0.15) is 5.56 Å². The van der Waals surface area contributed by atoms with Crippen LogP contribution in [-0.4, -0.2) is 9.55 Å². The Hall–Kier alpha value is -5.66. The highest BCUT2D eigenvalue weighted by atomic mass is 16.3. The Morgan fingerprint density at radius 2 is 1.45 bits per heavy atom. The van der Waals surface area contributed by atoms with Crippen LogP contribution < -0.4 is 0 Å². The normalized spacial score (nSPS) is 11.5. The molecule has 0 N–H and O–H groups in total. The third-order valence-corrected chi connectivity index (χ3v) is 7.69. The van der Waals surface area contributed by atoms with Crippen molar-refractivity contribution in [2.24, 2.45) is 0 Å². The highest BCUT2D eigenvalue weighted by molar-refractivity contribution is 6.24. The third kappa shape index (κ3) is 3.28. The van der Waals surface area contributed by atoms with Crippen molar-refractivity contribution in [2.75, 3.05) is 0 Å². The monoisotopic (exact) mass is 511 g/mol. The van der Waals surface area contributed by atoms with E-state index >= 15 is 0 Å². The molecule has 0 amide bonds. The van der Waals surface area contributed by atoms with Crippen LogP contribution in [0.5, 0.6) is 0 Å². The highest BCUT2D eigenvalue weighted by Gasteiger charge is 2.20. The largest absolute Gasteiger partial charge is 0.455 e. The maximum atomic E-state index is 9.16. The third-order valence-electron chi connectivity index (χ3n) is 7.69. The lowest BCUT2D eigenvalue weighted by atomic mass is 9.99. The number of nitrogens with zero attached hydrogens (tertiary/aromatic N) is 3. The molecule has 3 aromatic heterocycles. The number of aromatic nitrogens is 2. The molecule has 4 heteroatoms. The summed E-state index contributed by atoms with van der Waals surface area (Å²) in [6.45, 7) is 0. The molecule has 0 spiro atoms. The van der Waals surface area contributed by atoms with Gasteiger partial charge in [-0.3, -0.25) is 4.98 Å². The molecule has 5 aromatic carbocycles. The van der Waals surface area contributed by atoms with Gasteiger partial charge in [0.05, 0.1) is 33.4 Å². The lowest BCUT2D eigenvalue weighted by Crippen LogP contribution is -1.97. The zero-order chi connectivity index (χ0) is 26.6. The fraction of sp³-hybridized carbons (Fsp3) is 0. The summed E-state index contributed by atoms with van der Waals surface area (Å²) in [6, 6.07) is 43.9. The minimum absolute atomic E-state index is 0.551. The van der Waals surface area contributed by atoms with Gasteiger partial charge in [-0.25, -0.2) is 0 Å². The van der Waals surface area contributed by atoms with E-state index in [0.717, 1.165) is 71.8 Å². The Bertz CT molecular complexity index is 2280. The van der Waals surface area contributed by atoms with Gasteiger partial charge in [0, 0.05) is 33.5 Å². The van der Waals surface area contributed by atoms with E-state index in [1.807, 2.05) is 18.2 Å². The van der Waals surface area contributed by atoms with Gasteiger partial charge in [0.2, 0.25) is 0 Å². The predicted octanol–water partition coefficient (Wildman–Crippen LogP) is 9.28. The van der Waals surface area contributed by atoms with E-state index in [0.29, 0.717) is 5.56 Å². The second-order valence-corrected chi connectivity index (χ2v) is 9.93. The average Bonchev–Trinajstić information content (AvgIpc) is 3.57. The molecule has 40 heavy (non-hydrogen) atoms. The SMILES string of the molecule is N#Cc1ccc(-c2cccc(-c3ccccc3-n3c4ccccc4c4c5oc6ccccc6c5ccc43)c2)nc1. The molecule has 0 fully saturated rings. The number of pyridine rings is 1. The first-order valence-electron chi connectivity index (χ1n) is 13.2. The maximum Gasteiger partial charge on any atom is 0.145 e. The standard InChI is InChI=1S/C36H21N3O/c37-21-23-16-18-30(38-22-23)25-9-7-8-24(20-25)26-10-1-4-13-31(26)39-32-14-5-2-12-29(32)35-33(39)19-17-28-27-11-3-6-15-34(27)40-36(28)35/h1-20,22H. The summed E-state index contributed by atoms with van der Waals surface area (Å²) in [6.07, 6.45) is 1.62. The Morgan fingerprint density at radius 3 is 2.33 bits per heavy atom. The fourth-order valence-corrected chi connectivity index (χ4v) is 5.88. The van der Waals surface area contributed by atoms with E-state index in [-0.39, 0.29) is 0 Å². The van der Waals surface area contributed by atoms with Gasteiger partial charge in [0.15, 0.2) is 0 Å². The highest BCUT2D eigenvalue weighted by Crippen LogP contribution is 2.42. The van der Waals surface area contributed by atoms with Crippen LogP contribution in [-0.2, 0) is 0 Å². The van der Waals surface area contributed by atoms with Crippen molar-refractivity contribution >= 4 is 43.7 Å². The van der Waals surface area contributed by atoms with Crippen molar-refractivity contribution in [3.63, 3.8) is 0 Å². The van der Waals surface area contributed by atoms with Gasteiger partial charge in [-0.05, 0) is 54.1 Å². The topological polar surface area (TPSA) is 54.8 Å². The van der Waals surface area contributed by atoms with Crippen molar-refractivity contribution < 1.29 is 4.42 Å². The molecular weight excluding hydrogens is 490 g/mol. The summed E-state index contributed by atoms with van der Waals surface area (Å²) in [7, 11) is 0. The summed E-state index contributed by atoms with van der Waals surface area (Å²) in [5.74, 6) is 0. The molecule has 0 aliphatic carbocycles. The quantitative estimate of drug-likeness (QED) is 0.237. The zero-order valence-electron chi connectivity index (χ0n) is 21.4. The minimum Gasteiger partial charge on any atom is -0.455 e. The van der Waals surface area contributed by atoms with Crippen molar-refractivity contribution in [1.29, 1.82) is 5.26 Å². The Labute approximate surface area is 230 Å². The summed E-state index contributed by atoms with van der Waals surface area (Å²) in [5, 5.41) is 13.7. The van der Waals surface area contributed by atoms with Crippen LogP contribution in [0.4, 0.5) is 0 Å². The van der Waals surface area contributed by atoms with Gasteiger partial charge in [0.1, 0.15) is 17.2 Å². The lowest BCUT2D eigenvalue weighted by Gasteiger charge is -2.14. The molecule has 8 rings (SSSR count). The first-order chi connectivity index (χ1) is 19.8. The van der Waals surface area contributed by atoms with E-state index in [9.17, 15) is 0 Å². The molecule has 8 aromatic rings. The number of rotatable bonds is 3. The molecule has 0 saturated carbocycles.